The van der Waals surface area contributed by atoms with E-state index in [9.17, 15) is 4.79 Å². The van der Waals surface area contributed by atoms with Crippen LogP contribution in [-0.2, 0) is 4.79 Å². The minimum atomic E-state index is 0.0895. The molecular weight excluding hydrogens is 284 g/mol. The van der Waals surface area contributed by atoms with E-state index in [0.29, 0.717) is 31.1 Å². The van der Waals surface area contributed by atoms with Gasteiger partial charge in [0.25, 0.3) is 0 Å². The number of nitrogen functional groups attached to an aromatic ring is 1. The van der Waals surface area contributed by atoms with Crippen LogP contribution in [0.1, 0.15) is 20.8 Å². The summed E-state index contributed by atoms with van der Waals surface area (Å²) in [6.45, 7) is 11.6. The third kappa shape index (κ3) is 5.71. The predicted molar refractivity (Wildman–Crippen MR) is 89.8 cm³/mol. The number of nitrogens with two attached hydrogens (primary N) is 1. The highest BCUT2D eigenvalue weighted by Crippen LogP contribution is 2.29. The van der Waals surface area contributed by atoms with Crippen molar-refractivity contribution >= 4 is 23.4 Å². The maximum absolute atomic E-state index is 12.2. The summed E-state index contributed by atoms with van der Waals surface area (Å²) < 4.78 is 5.45. The summed E-state index contributed by atoms with van der Waals surface area (Å²) in [4.78, 5) is 14.9. The number of thioether (sulfide) groups is 1. The van der Waals surface area contributed by atoms with E-state index in [-0.39, 0.29) is 5.91 Å². The number of likely N-dealkylation sites (N-methyl/N-ethyl adjacent to an activating group) is 1. The molecule has 116 valence electrons. The van der Waals surface area contributed by atoms with Crippen molar-refractivity contribution in [3.8, 4) is 5.75 Å². The number of benzene rings is 1. The van der Waals surface area contributed by atoms with Gasteiger partial charge in [-0.3, -0.25) is 4.79 Å². The normalized spacial score (nSPS) is 10.2. The number of nitrogens with zero attached hydrogens (tertiary/aromatic N) is 1. The Hall–Kier alpha value is -1.62. The van der Waals surface area contributed by atoms with Crippen molar-refractivity contribution in [1.29, 1.82) is 0 Å². The van der Waals surface area contributed by atoms with Gasteiger partial charge in [0.05, 0.1) is 12.4 Å². The summed E-state index contributed by atoms with van der Waals surface area (Å²) in [6, 6.07) is 5.53. The fourth-order valence-electron chi connectivity index (χ4n) is 1.83. The van der Waals surface area contributed by atoms with Gasteiger partial charge in [-0.2, -0.15) is 0 Å². The van der Waals surface area contributed by atoms with Crippen molar-refractivity contribution < 1.29 is 9.53 Å². The van der Waals surface area contributed by atoms with Gasteiger partial charge in [0.1, 0.15) is 5.75 Å². The van der Waals surface area contributed by atoms with Crippen LogP contribution in [0.5, 0.6) is 5.75 Å². The third-order valence-electron chi connectivity index (χ3n) is 2.84. The van der Waals surface area contributed by atoms with Gasteiger partial charge in [0, 0.05) is 23.7 Å². The molecule has 0 spiro atoms. The lowest BCUT2D eigenvalue weighted by Gasteiger charge is -2.21. The first-order chi connectivity index (χ1) is 9.97. The molecule has 5 heteroatoms. The van der Waals surface area contributed by atoms with Crippen molar-refractivity contribution in [3.05, 3.63) is 30.4 Å². The van der Waals surface area contributed by atoms with Crippen LogP contribution in [0.2, 0.25) is 0 Å². The van der Waals surface area contributed by atoms with Crippen molar-refractivity contribution in [2.24, 2.45) is 0 Å². The first-order valence-corrected chi connectivity index (χ1v) is 8.03. The molecule has 1 rings (SSSR count). The van der Waals surface area contributed by atoms with Crippen molar-refractivity contribution in [3.63, 3.8) is 0 Å². The maximum atomic E-state index is 12.2. The summed E-state index contributed by atoms with van der Waals surface area (Å²) in [5.74, 6) is 1.23. The van der Waals surface area contributed by atoms with E-state index in [4.69, 9.17) is 10.5 Å². The molecule has 4 nitrogen and oxygen atoms in total. The topological polar surface area (TPSA) is 55.6 Å². The van der Waals surface area contributed by atoms with Crippen LogP contribution < -0.4 is 10.5 Å². The van der Waals surface area contributed by atoms with Gasteiger partial charge in [-0.25, -0.2) is 0 Å². The standard InChI is InChI=1S/C16H24N2O2S/c1-5-18(10-12(3)4)16(19)11-21-15-9-13(20-6-2)7-8-14(15)17/h7-9H,3,5-6,10-11,17H2,1-2,4H3. The van der Waals surface area contributed by atoms with Gasteiger partial charge in [-0.15, -0.1) is 11.8 Å². The van der Waals surface area contributed by atoms with Crippen molar-refractivity contribution in [2.75, 3.05) is 31.2 Å². The summed E-state index contributed by atoms with van der Waals surface area (Å²) >= 11 is 1.44. The van der Waals surface area contributed by atoms with Crippen LogP contribution in [-0.4, -0.2) is 36.3 Å². The molecule has 0 heterocycles. The Morgan fingerprint density at radius 2 is 2.14 bits per heavy atom. The van der Waals surface area contributed by atoms with E-state index in [1.165, 1.54) is 11.8 Å². The van der Waals surface area contributed by atoms with Crippen molar-refractivity contribution in [2.45, 2.75) is 25.7 Å². The average Bonchev–Trinajstić information content (AvgIpc) is 2.45. The van der Waals surface area contributed by atoms with Crippen LogP contribution in [0, 0.1) is 0 Å². The highest BCUT2D eigenvalue weighted by atomic mass is 32.2. The molecule has 0 unspecified atom stereocenters. The molecule has 1 aromatic rings. The zero-order valence-corrected chi connectivity index (χ0v) is 13.8. The molecule has 0 aliphatic rings. The quantitative estimate of drug-likeness (QED) is 0.455. The maximum Gasteiger partial charge on any atom is 0.233 e. The van der Waals surface area contributed by atoms with Gasteiger partial charge in [0.2, 0.25) is 5.91 Å². The molecule has 0 aliphatic heterocycles. The van der Waals surface area contributed by atoms with Crippen LogP contribution >= 0.6 is 11.8 Å². The number of carbonyl (C=O) groups excluding carboxylic acids is 1. The second-order valence-electron chi connectivity index (χ2n) is 4.79. The highest BCUT2D eigenvalue weighted by Gasteiger charge is 2.13. The number of amides is 1. The van der Waals surface area contributed by atoms with E-state index >= 15 is 0 Å². The van der Waals surface area contributed by atoms with Gasteiger partial charge >= 0.3 is 0 Å². The number of hydrogen-bond acceptors (Lipinski definition) is 4. The predicted octanol–water partition coefficient (Wildman–Crippen LogP) is 3.18. The lowest BCUT2D eigenvalue weighted by Crippen LogP contribution is -2.33. The lowest BCUT2D eigenvalue weighted by atomic mass is 10.3. The molecule has 21 heavy (non-hydrogen) atoms. The summed E-state index contributed by atoms with van der Waals surface area (Å²) in [7, 11) is 0. The van der Waals surface area contributed by atoms with Crippen LogP contribution in [0.4, 0.5) is 5.69 Å². The van der Waals surface area contributed by atoms with E-state index in [1.807, 2.05) is 39.0 Å². The zero-order valence-electron chi connectivity index (χ0n) is 13.0. The SMILES string of the molecule is C=C(C)CN(CC)C(=O)CSc1cc(OCC)ccc1N. The molecule has 2 N–H and O–H groups in total. The second kappa shape index (κ2) is 8.62. The lowest BCUT2D eigenvalue weighted by molar-refractivity contribution is -0.127. The molecule has 1 aromatic carbocycles. The Morgan fingerprint density at radius 3 is 2.71 bits per heavy atom. The Kier molecular flexibility index (Phi) is 7.15. The minimum Gasteiger partial charge on any atom is -0.494 e. The fourth-order valence-corrected chi connectivity index (χ4v) is 2.72. The van der Waals surface area contributed by atoms with E-state index in [0.717, 1.165) is 16.2 Å². The fraction of sp³-hybridized carbons (Fsp3) is 0.438. The van der Waals surface area contributed by atoms with Crippen molar-refractivity contribution in [1.82, 2.24) is 4.90 Å². The largest absolute Gasteiger partial charge is 0.494 e. The first-order valence-electron chi connectivity index (χ1n) is 7.05. The van der Waals surface area contributed by atoms with Crippen LogP contribution in [0.15, 0.2) is 35.2 Å². The molecule has 1 amide bonds. The average molecular weight is 308 g/mol. The van der Waals surface area contributed by atoms with Crippen LogP contribution in [0.3, 0.4) is 0 Å². The number of carbonyl (C=O) groups is 1. The molecule has 0 fully saturated rings. The molecular formula is C16H24N2O2S. The number of ether oxygens (including phenoxy) is 1. The number of anilines is 1. The van der Waals surface area contributed by atoms with E-state index in [2.05, 4.69) is 6.58 Å². The molecule has 0 bridgehead atoms. The van der Waals surface area contributed by atoms with Gasteiger partial charge in [0.15, 0.2) is 0 Å². The molecule has 0 aromatic heterocycles. The molecule has 0 saturated carbocycles. The number of rotatable bonds is 8. The minimum absolute atomic E-state index is 0.0895. The van der Waals surface area contributed by atoms with Gasteiger partial charge in [-0.05, 0) is 39.0 Å². The van der Waals surface area contributed by atoms with E-state index in [1.54, 1.807) is 4.90 Å². The smallest absolute Gasteiger partial charge is 0.233 e. The van der Waals surface area contributed by atoms with E-state index < -0.39 is 0 Å². The Balaban J connectivity index is 2.67. The molecule has 0 saturated heterocycles. The Morgan fingerprint density at radius 1 is 1.43 bits per heavy atom. The second-order valence-corrected chi connectivity index (χ2v) is 5.80. The Labute approximate surface area is 131 Å². The molecule has 0 radical (unpaired) electrons. The molecule has 0 aliphatic carbocycles. The Bertz CT molecular complexity index is 503. The first kappa shape index (κ1) is 17.4. The number of hydrogen-bond donors (Lipinski definition) is 1. The molecule has 0 atom stereocenters. The highest BCUT2D eigenvalue weighted by molar-refractivity contribution is 8.00. The summed E-state index contributed by atoms with van der Waals surface area (Å²) in [6.07, 6.45) is 0. The van der Waals surface area contributed by atoms with Gasteiger partial charge in [-0.1, -0.05) is 12.2 Å². The third-order valence-corrected chi connectivity index (χ3v) is 3.90. The summed E-state index contributed by atoms with van der Waals surface area (Å²) in [5, 5.41) is 0. The zero-order chi connectivity index (χ0) is 15.8. The summed E-state index contributed by atoms with van der Waals surface area (Å²) in [5.41, 5.74) is 7.59. The van der Waals surface area contributed by atoms with Gasteiger partial charge < -0.3 is 15.4 Å². The monoisotopic (exact) mass is 308 g/mol. The van der Waals surface area contributed by atoms with Crippen LogP contribution in [0.25, 0.3) is 0 Å².